The maximum absolute atomic E-state index is 13.4. The number of hydrogen-bond acceptors (Lipinski definition) is 10. The number of nitrogens with zero attached hydrogens (tertiary/aromatic N) is 2. The van der Waals surface area contributed by atoms with Crippen LogP contribution >= 0.6 is 0 Å². The zero-order valence-corrected chi connectivity index (χ0v) is 33.6. The summed E-state index contributed by atoms with van der Waals surface area (Å²) in [7, 11) is 3.07. The van der Waals surface area contributed by atoms with Gasteiger partial charge < -0.3 is 41.4 Å². The van der Waals surface area contributed by atoms with Crippen LogP contribution in [-0.4, -0.2) is 106 Å². The predicted molar refractivity (Wildman–Crippen MR) is 220 cm³/mol. The molecule has 0 spiro atoms. The lowest BCUT2D eigenvalue weighted by Crippen LogP contribution is -2.42. The molecule has 6 N–H and O–H groups in total. The van der Waals surface area contributed by atoms with E-state index in [-0.39, 0.29) is 65.2 Å². The molecule has 2 aliphatic heterocycles. The summed E-state index contributed by atoms with van der Waals surface area (Å²) in [6.45, 7) is 8.28. The maximum Gasteiger partial charge on any atom is 0.269 e. The van der Waals surface area contributed by atoms with Gasteiger partial charge in [-0.25, -0.2) is 9.97 Å². The highest BCUT2D eigenvalue weighted by atomic mass is 16.5. The van der Waals surface area contributed by atoms with Crippen LogP contribution in [0.2, 0.25) is 0 Å². The van der Waals surface area contributed by atoms with E-state index in [1.807, 2.05) is 62.4 Å². The second-order valence-electron chi connectivity index (χ2n) is 14.7. The Balaban J connectivity index is 1.08. The Kier molecular flexibility index (Phi) is 14.7. The van der Waals surface area contributed by atoms with E-state index in [1.54, 1.807) is 12.1 Å². The summed E-state index contributed by atoms with van der Waals surface area (Å²) in [5.41, 5.74) is 5.27. The van der Waals surface area contributed by atoms with Crippen LogP contribution in [0.5, 0.6) is 0 Å². The Morgan fingerprint density at radius 3 is 1.83 bits per heavy atom. The molecule has 0 bridgehead atoms. The molecule has 1 unspecified atom stereocenters. The third kappa shape index (κ3) is 10.9. The highest BCUT2D eigenvalue weighted by Crippen LogP contribution is 2.29. The second-order valence-corrected chi connectivity index (χ2v) is 14.7. The minimum absolute atomic E-state index is 0.0439. The fourth-order valence-corrected chi connectivity index (χ4v) is 7.18. The molecule has 2 aliphatic rings. The van der Waals surface area contributed by atoms with Gasteiger partial charge in [-0.3, -0.25) is 19.2 Å². The van der Waals surface area contributed by atoms with E-state index in [0.29, 0.717) is 68.1 Å². The van der Waals surface area contributed by atoms with E-state index in [9.17, 15) is 19.2 Å². The van der Waals surface area contributed by atoms with E-state index < -0.39 is 0 Å². The van der Waals surface area contributed by atoms with E-state index in [4.69, 9.17) is 9.47 Å². The molecule has 14 heteroatoms. The Hall–Kier alpha value is -5.54. The number of rotatable bonds is 15. The molecule has 4 heterocycles. The highest BCUT2D eigenvalue weighted by Gasteiger charge is 2.26. The van der Waals surface area contributed by atoms with Crippen molar-refractivity contribution in [1.29, 1.82) is 0 Å². The van der Waals surface area contributed by atoms with Crippen LogP contribution in [0.15, 0.2) is 78.9 Å². The summed E-state index contributed by atoms with van der Waals surface area (Å²) in [4.78, 5) is 61.3. The molecule has 2 fully saturated rings. The molecule has 2 aromatic carbocycles. The van der Waals surface area contributed by atoms with Crippen molar-refractivity contribution in [3.63, 3.8) is 0 Å². The molecule has 2 saturated heterocycles. The van der Waals surface area contributed by atoms with Gasteiger partial charge in [0.15, 0.2) is 0 Å². The van der Waals surface area contributed by atoms with Gasteiger partial charge in [0.25, 0.3) is 23.6 Å². The minimum Gasteiger partial charge on any atom is -0.376 e. The van der Waals surface area contributed by atoms with Gasteiger partial charge in [-0.2, -0.15) is 0 Å². The summed E-state index contributed by atoms with van der Waals surface area (Å²) >= 11 is 0. The van der Waals surface area contributed by atoms with E-state index in [0.717, 1.165) is 29.8 Å². The van der Waals surface area contributed by atoms with Gasteiger partial charge in [-0.15, -0.1) is 0 Å². The average Bonchev–Trinajstić information content (AvgIpc) is 3.28. The molecular weight excluding hydrogens is 737 g/mol. The molecule has 4 aromatic rings. The fourth-order valence-electron chi connectivity index (χ4n) is 7.18. The summed E-state index contributed by atoms with van der Waals surface area (Å²) in [6, 6.07) is 24.4. The largest absolute Gasteiger partial charge is 0.376 e. The van der Waals surface area contributed by atoms with Crippen LogP contribution in [0.25, 0.3) is 0 Å². The van der Waals surface area contributed by atoms with Crippen molar-refractivity contribution in [3.8, 4) is 0 Å². The van der Waals surface area contributed by atoms with Crippen molar-refractivity contribution in [2.24, 2.45) is 0 Å². The number of pyridine rings is 2. The van der Waals surface area contributed by atoms with Gasteiger partial charge in [-0.05, 0) is 53.8 Å². The standard InChI is InChI=1S/C44H54N8O6/c1-27(29-9-6-5-7-10-29)36-20-32(22-38(51-36)43(55)45-3)42(54)50-16-14-35-25-48-26-40(58-35)31-12-8-11-30(19-31)28(2)37-21-33(23-39(52-37)44(56)46-4)41(53)49-15-13-34-24-47-17-18-57-34/h5-12,19-23,27-28,34-35,40,47-48H,13-18,24-26H2,1-4H3,(H,45,55)(H,46,56)(H,49,53)(H,50,54)/t27-,28+,34+,35+,40?/m1/s1. The first-order valence-electron chi connectivity index (χ1n) is 20.0. The lowest BCUT2D eigenvalue weighted by atomic mass is 9.93. The Labute approximate surface area is 339 Å². The van der Waals surface area contributed by atoms with Crippen LogP contribution in [0.1, 0.15) is 114 Å². The lowest BCUT2D eigenvalue weighted by molar-refractivity contribution is -0.0417. The number of hydrogen-bond donors (Lipinski definition) is 6. The first-order chi connectivity index (χ1) is 28.1. The molecule has 14 nitrogen and oxygen atoms in total. The number of aromatic nitrogens is 2. The number of amides is 4. The molecule has 4 amide bonds. The summed E-state index contributed by atoms with van der Waals surface area (Å²) in [5.74, 6) is -1.68. The van der Waals surface area contributed by atoms with Crippen molar-refractivity contribution >= 4 is 23.6 Å². The quantitative estimate of drug-likeness (QED) is 0.104. The highest BCUT2D eigenvalue weighted by molar-refractivity contribution is 5.99. The summed E-state index contributed by atoms with van der Waals surface area (Å²) in [5, 5.41) is 18.0. The number of carbonyl (C=O) groups excluding carboxylic acids is 4. The topological polar surface area (TPSA) is 185 Å². The number of carbonyl (C=O) groups is 4. The van der Waals surface area contributed by atoms with Gasteiger partial charge >= 0.3 is 0 Å². The van der Waals surface area contributed by atoms with Gasteiger partial charge in [0.05, 0.1) is 24.9 Å². The molecular formula is C44H54N8O6. The van der Waals surface area contributed by atoms with E-state index >= 15 is 0 Å². The first-order valence-corrected chi connectivity index (χ1v) is 20.0. The van der Waals surface area contributed by atoms with E-state index in [2.05, 4.69) is 47.9 Å². The predicted octanol–water partition coefficient (Wildman–Crippen LogP) is 3.46. The molecule has 306 valence electrons. The van der Waals surface area contributed by atoms with Crippen molar-refractivity contribution < 1.29 is 28.7 Å². The average molecular weight is 791 g/mol. The molecule has 58 heavy (non-hydrogen) atoms. The van der Waals surface area contributed by atoms with Crippen LogP contribution in [0, 0.1) is 0 Å². The van der Waals surface area contributed by atoms with Crippen LogP contribution in [0.3, 0.4) is 0 Å². The van der Waals surface area contributed by atoms with Gasteiger partial charge in [0.2, 0.25) is 0 Å². The fraction of sp³-hybridized carbons (Fsp3) is 0.409. The third-order valence-electron chi connectivity index (χ3n) is 10.7. The van der Waals surface area contributed by atoms with Gasteiger partial charge in [0, 0.05) is 87.7 Å². The zero-order valence-electron chi connectivity index (χ0n) is 33.6. The van der Waals surface area contributed by atoms with Gasteiger partial charge in [-0.1, -0.05) is 68.4 Å². The summed E-state index contributed by atoms with van der Waals surface area (Å²) in [6.07, 6.45) is 0.882. The maximum atomic E-state index is 13.4. The third-order valence-corrected chi connectivity index (χ3v) is 10.7. The lowest BCUT2D eigenvalue weighted by Gasteiger charge is -2.31. The molecule has 0 saturated carbocycles. The number of morpholine rings is 2. The minimum atomic E-state index is -0.376. The van der Waals surface area contributed by atoms with Crippen LogP contribution < -0.4 is 31.9 Å². The normalized spacial score (nSPS) is 19.0. The number of nitrogens with one attached hydrogen (secondary N) is 6. The smallest absolute Gasteiger partial charge is 0.269 e. The number of benzene rings is 2. The van der Waals surface area contributed by atoms with Crippen molar-refractivity contribution in [2.75, 3.05) is 60.0 Å². The Morgan fingerprint density at radius 2 is 1.24 bits per heavy atom. The Morgan fingerprint density at radius 1 is 0.672 bits per heavy atom. The first kappa shape index (κ1) is 42.1. The monoisotopic (exact) mass is 790 g/mol. The summed E-state index contributed by atoms with van der Waals surface area (Å²) < 4.78 is 12.3. The second kappa shape index (κ2) is 20.2. The molecule has 0 aliphatic carbocycles. The molecule has 6 rings (SSSR count). The van der Waals surface area contributed by atoms with Crippen molar-refractivity contribution in [3.05, 3.63) is 129 Å². The van der Waals surface area contributed by atoms with Crippen LogP contribution in [-0.2, 0) is 9.47 Å². The molecule has 0 radical (unpaired) electrons. The SMILES string of the molecule is CNC(=O)c1cc(C(=O)NCC[C@H]2CNCC(c3cccc([C@H](C)c4cc(C(=O)NCC[C@H]5CNCCO5)cc(C(=O)NC)n4)c3)O2)cc([C@H](C)c2ccccc2)n1. The van der Waals surface area contributed by atoms with Crippen LogP contribution in [0.4, 0.5) is 0 Å². The molecule has 2 aromatic heterocycles. The number of ether oxygens (including phenoxy) is 2. The van der Waals surface area contributed by atoms with Crippen molar-refractivity contribution in [1.82, 2.24) is 41.9 Å². The van der Waals surface area contributed by atoms with E-state index in [1.165, 1.54) is 26.2 Å². The van der Waals surface area contributed by atoms with Crippen molar-refractivity contribution in [2.45, 2.75) is 56.8 Å². The molecule has 5 atom stereocenters. The zero-order chi connectivity index (χ0) is 41.0. The Bertz CT molecular complexity index is 2060. The van der Waals surface area contributed by atoms with Gasteiger partial charge in [0.1, 0.15) is 11.4 Å².